The van der Waals surface area contributed by atoms with Gasteiger partial charge in [0.2, 0.25) is 11.8 Å². The van der Waals surface area contributed by atoms with E-state index in [9.17, 15) is 9.59 Å². The first-order valence-electron chi connectivity index (χ1n) is 7.63. The smallest absolute Gasteiger partial charge is 0.228 e. The van der Waals surface area contributed by atoms with Crippen molar-refractivity contribution in [2.45, 2.75) is 13.0 Å². The van der Waals surface area contributed by atoms with Gasteiger partial charge in [0.1, 0.15) is 0 Å². The first-order valence-corrected chi connectivity index (χ1v) is 8.38. The number of halogens is 2. The Balaban J connectivity index is 1.52. The number of hydrogen-bond donors (Lipinski definition) is 2. The van der Waals surface area contributed by atoms with Gasteiger partial charge in [0, 0.05) is 6.54 Å². The minimum atomic E-state index is -0.323. The summed E-state index contributed by atoms with van der Waals surface area (Å²) in [6, 6.07) is 14.7. The van der Waals surface area contributed by atoms with E-state index in [1.165, 1.54) is 0 Å². The molecule has 0 radical (unpaired) electrons. The van der Waals surface area contributed by atoms with E-state index in [0.29, 0.717) is 28.7 Å². The van der Waals surface area contributed by atoms with Crippen LogP contribution in [0.2, 0.25) is 10.0 Å². The Hall–Kier alpha value is -2.04. The molecule has 0 spiro atoms. The summed E-state index contributed by atoms with van der Waals surface area (Å²) in [7, 11) is 0. The Morgan fingerprint density at radius 1 is 0.958 bits per heavy atom. The van der Waals surface area contributed by atoms with Gasteiger partial charge in [-0.05, 0) is 24.1 Å². The molecule has 2 aromatic carbocycles. The molecule has 3 rings (SSSR count). The van der Waals surface area contributed by atoms with Crippen LogP contribution in [-0.2, 0) is 16.1 Å². The zero-order valence-corrected chi connectivity index (χ0v) is 14.3. The van der Waals surface area contributed by atoms with Crippen LogP contribution in [0.5, 0.6) is 0 Å². The first-order chi connectivity index (χ1) is 11.6. The third-order valence-corrected chi connectivity index (χ3v) is 4.80. The second-order valence-corrected chi connectivity index (χ2v) is 6.53. The van der Waals surface area contributed by atoms with Gasteiger partial charge in [-0.2, -0.15) is 0 Å². The van der Waals surface area contributed by atoms with Gasteiger partial charge in [0.25, 0.3) is 0 Å². The van der Waals surface area contributed by atoms with Crippen LogP contribution in [0, 0.1) is 11.8 Å². The summed E-state index contributed by atoms with van der Waals surface area (Å²) < 4.78 is 0. The molecular weight excluding hydrogens is 347 g/mol. The highest BCUT2D eigenvalue weighted by atomic mass is 35.5. The second kappa shape index (κ2) is 7.24. The molecule has 1 saturated carbocycles. The summed E-state index contributed by atoms with van der Waals surface area (Å²) in [6.07, 6.45) is 0.546. The maximum absolute atomic E-state index is 12.2. The van der Waals surface area contributed by atoms with Gasteiger partial charge < -0.3 is 10.6 Å². The van der Waals surface area contributed by atoms with E-state index in [-0.39, 0.29) is 23.7 Å². The van der Waals surface area contributed by atoms with Crippen molar-refractivity contribution in [2.24, 2.45) is 11.8 Å². The summed E-state index contributed by atoms with van der Waals surface area (Å²) in [6.45, 7) is 0.463. The Morgan fingerprint density at radius 3 is 2.42 bits per heavy atom. The first kappa shape index (κ1) is 16.8. The average molecular weight is 363 g/mol. The molecule has 4 nitrogen and oxygen atoms in total. The zero-order chi connectivity index (χ0) is 17.1. The standard InChI is InChI=1S/C18H16Cl2N2O2/c19-14-7-4-8-15(16(14)20)22-18(24)13-9-12(13)17(23)21-10-11-5-2-1-3-6-11/h1-8,12-13H,9-10H2,(H,21,23)(H,22,24). The van der Waals surface area contributed by atoms with Gasteiger partial charge >= 0.3 is 0 Å². The highest BCUT2D eigenvalue weighted by Gasteiger charge is 2.48. The highest BCUT2D eigenvalue weighted by molar-refractivity contribution is 6.44. The molecule has 2 N–H and O–H groups in total. The molecule has 1 aliphatic carbocycles. The van der Waals surface area contributed by atoms with Gasteiger partial charge in [-0.15, -0.1) is 0 Å². The van der Waals surface area contributed by atoms with E-state index in [1.54, 1.807) is 18.2 Å². The average Bonchev–Trinajstić information content (AvgIpc) is 3.39. The summed E-state index contributed by atoms with van der Waals surface area (Å²) >= 11 is 12.0. The molecule has 2 amide bonds. The zero-order valence-electron chi connectivity index (χ0n) is 12.8. The van der Waals surface area contributed by atoms with Crippen LogP contribution in [0.1, 0.15) is 12.0 Å². The molecule has 0 saturated heterocycles. The van der Waals surface area contributed by atoms with Crippen molar-refractivity contribution in [1.82, 2.24) is 5.32 Å². The van der Waals surface area contributed by atoms with E-state index < -0.39 is 0 Å². The van der Waals surface area contributed by atoms with E-state index in [4.69, 9.17) is 23.2 Å². The number of anilines is 1. The molecule has 2 atom stereocenters. The van der Waals surface area contributed by atoms with Crippen molar-refractivity contribution in [3.63, 3.8) is 0 Å². The number of rotatable bonds is 5. The predicted molar refractivity (Wildman–Crippen MR) is 95.0 cm³/mol. The van der Waals surface area contributed by atoms with Crippen LogP contribution >= 0.6 is 23.2 Å². The highest BCUT2D eigenvalue weighted by Crippen LogP contribution is 2.40. The SMILES string of the molecule is O=C(NCc1ccccc1)C1CC1C(=O)Nc1cccc(Cl)c1Cl. The monoisotopic (exact) mass is 362 g/mol. The van der Waals surface area contributed by atoms with Gasteiger partial charge in [0.05, 0.1) is 27.6 Å². The maximum Gasteiger partial charge on any atom is 0.228 e. The van der Waals surface area contributed by atoms with Crippen molar-refractivity contribution < 1.29 is 9.59 Å². The summed E-state index contributed by atoms with van der Waals surface area (Å²) in [5, 5.41) is 6.28. The van der Waals surface area contributed by atoms with Crippen LogP contribution in [0.25, 0.3) is 0 Å². The molecule has 2 unspecified atom stereocenters. The summed E-state index contributed by atoms with van der Waals surface area (Å²) in [5.41, 5.74) is 1.49. The molecule has 0 heterocycles. The Labute approximate surface area is 150 Å². The molecule has 2 aromatic rings. The van der Waals surface area contributed by atoms with Gasteiger partial charge in [-0.25, -0.2) is 0 Å². The van der Waals surface area contributed by atoms with Gasteiger partial charge in [0.15, 0.2) is 0 Å². The van der Waals surface area contributed by atoms with Crippen LogP contribution < -0.4 is 10.6 Å². The van der Waals surface area contributed by atoms with Crippen LogP contribution in [0.3, 0.4) is 0 Å². The number of amides is 2. The molecule has 0 aliphatic heterocycles. The molecule has 6 heteroatoms. The summed E-state index contributed by atoms with van der Waals surface area (Å²) in [5.74, 6) is -0.919. The Bertz CT molecular complexity index is 765. The minimum Gasteiger partial charge on any atom is -0.352 e. The largest absolute Gasteiger partial charge is 0.352 e. The Morgan fingerprint density at radius 2 is 1.67 bits per heavy atom. The van der Waals surface area contributed by atoms with Crippen LogP contribution in [0.4, 0.5) is 5.69 Å². The van der Waals surface area contributed by atoms with Gasteiger partial charge in [-0.1, -0.05) is 59.6 Å². The fraction of sp³-hybridized carbons (Fsp3) is 0.222. The third kappa shape index (κ3) is 3.89. The fourth-order valence-electron chi connectivity index (χ4n) is 2.52. The quantitative estimate of drug-likeness (QED) is 0.847. The number of carbonyl (C=O) groups is 2. The molecular formula is C18H16Cl2N2O2. The third-order valence-electron chi connectivity index (χ3n) is 3.98. The lowest BCUT2D eigenvalue weighted by Gasteiger charge is -2.08. The van der Waals surface area contributed by atoms with Crippen LogP contribution in [-0.4, -0.2) is 11.8 Å². The van der Waals surface area contributed by atoms with E-state index >= 15 is 0 Å². The predicted octanol–water partition coefficient (Wildman–Crippen LogP) is 3.88. The van der Waals surface area contributed by atoms with Crippen LogP contribution in [0.15, 0.2) is 48.5 Å². The maximum atomic E-state index is 12.2. The Kier molecular flexibility index (Phi) is 5.07. The molecule has 124 valence electrons. The summed E-state index contributed by atoms with van der Waals surface area (Å²) in [4.78, 5) is 24.4. The molecule has 1 aliphatic rings. The normalized spacial score (nSPS) is 18.8. The molecule has 0 bridgehead atoms. The van der Waals surface area contributed by atoms with Crippen molar-refractivity contribution in [1.29, 1.82) is 0 Å². The van der Waals surface area contributed by atoms with E-state index in [2.05, 4.69) is 10.6 Å². The lowest BCUT2D eigenvalue weighted by molar-refractivity contribution is -0.125. The van der Waals surface area contributed by atoms with E-state index in [0.717, 1.165) is 5.56 Å². The lowest BCUT2D eigenvalue weighted by Crippen LogP contribution is -2.27. The molecule has 0 aromatic heterocycles. The van der Waals surface area contributed by atoms with Crippen molar-refractivity contribution in [3.05, 3.63) is 64.1 Å². The van der Waals surface area contributed by atoms with E-state index in [1.807, 2.05) is 30.3 Å². The number of carbonyl (C=O) groups excluding carboxylic acids is 2. The number of nitrogens with one attached hydrogen (secondary N) is 2. The van der Waals surface area contributed by atoms with Crippen molar-refractivity contribution in [2.75, 3.05) is 5.32 Å². The fourth-order valence-corrected chi connectivity index (χ4v) is 2.86. The minimum absolute atomic E-state index is 0.101. The second-order valence-electron chi connectivity index (χ2n) is 5.74. The number of hydrogen-bond acceptors (Lipinski definition) is 2. The van der Waals surface area contributed by atoms with Crippen molar-refractivity contribution in [3.8, 4) is 0 Å². The molecule has 24 heavy (non-hydrogen) atoms. The number of benzene rings is 2. The van der Waals surface area contributed by atoms with Crippen molar-refractivity contribution >= 4 is 40.7 Å². The lowest BCUT2D eigenvalue weighted by atomic mass is 10.2. The molecule has 1 fully saturated rings. The van der Waals surface area contributed by atoms with Gasteiger partial charge in [-0.3, -0.25) is 9.59 Å². The topological polar surface area (TPSA) is 58.2 Å².